The van der Waals surface area contributed by atoms with Crippen molar-refractivity contribution in [3.05, 3.63) is 12.4 Å². The van der Waals surface area contributed by atoms with Crippen LogP contribution >= 0.6 is 0 Å². The summed E-state index contributed by atoms with van der Waals surface area (Å²) in [7, 11) is 0. The van der Waals surface area contributed by atoms with Gasteiger partial charge < -0.3 is 0 Å². The highest BCUT2D eigenvalue weighted by Gasteiger charge is 2.35. The van der Waals surface area contributed by atoms with Crippen molar-refractivity contribution in [3.63, 3.8) is 0 Å². The fourth-order valence-corrected chi connectivity index (χ4v) is 1.83. The standard InChI is InChI=1S/C10H11N3O3/c14-7-2-1-3-8(15)10(7)9(16)6-13-5-4-11-12-13/h4-5,10H,1-3,6H2. The summed E-state index contributed by atoms with van der Waals surface area (Å²) in [4.78, 5) is 34.7. The highest BCUT2D eigenvalue weighted by Crippen LogP contribution is 2.18. The third kappa shape index (κ3) is 2.05. The van der Waals surface area contributed by atoms with Gasteiger partial charge in [-0.3, -0.25) is 14.4 Å². The van der Waals surface area contributed by atoms with Gasteiger partial charge in [0.2, 0.25) is 0 Å². The molecule has 0 aliphatic heterocycles. The largest absolute Gasteiger partial charge is 0.298 e. The minimum Gasteiger partial charge on any atom is -0.298 e. The first-order valence-electron chi connectivity index (χ1n) is 5.11. The Kier molecular flexibility index (Phi) is 2.89. The molecular weight excluding hydrogens is 210 g/mol. The van der Waals surface area contributed by atoms with E-state index in [2.05, 4.69) is 10.3 Å². The molecule has 16 heavy (non-hydrogen) atoms. The molecule has 6 nitrogen and oxygen atoms in total. The maximum atomic E-state index is 11.8. The van der Waals surface area contributed by atoms with Crippen molar-refractivity contribution in [2.75, 3.05) is 0 Å². The molecule has 0 aromatic carbocycles. The van der Waals surface area contributed by atoms with E-state index in [1.807, 2.05) is 0 Å². The number of nitrogens with zero attached hydrogens (tertiary/aromatic N) is 3. The molecule has 1 heterocycles. The van der Waals surface area contributed by atoms with Crippen LogP contribution in [0.5, 0.6) is 0 Å². The molecule has 0 atom stereocenters. The Morgan fingerprint density at radius 3 is 2.62 bits per heavy atom. The van der Waals surface area contributed by atoms with Gasteiger partial charge in [-0.05, 0) is 6.42 Å². The first-order chi connectivity index (χ1) is 7.68. The number of hydrogen-bond donors (Lipinski definition) is 0. The lowest BCUT2D eigenvalue weighted by Gasteiger charge is -2.17. The molecule has 1 fully saturated rings. The minimum atomic E-state index is -1.07. The molecule has 0 spiro atoms. The number of hydrogen-bond acceptors (Lipinski definition) is 5. The van der Waals surface area contributed by atoms with Gasteiger partial charge >= 0.3 is 0 Å². The zero-order valence-corrected chi connectivity index (χ0v) is 8.63. The Morgan fingerprint density at radius 2 is 2.06 bits per heavy atom. The number of carbonyl (C=O) groups is 3. The quantitative estimate of drug-likeness (QED) is 0.659. The maximum Gasteiger partial charge on any atom is 0.172 e. The van der Waals surface area contributed by atoms with Crippen LogP contribution in [-0.4, -0.2) is 32.3 Å². The molecule has 0 amide bonds. The third-order valence-corrected chi connectivity index (χ3v) is 2.60. The molecule has 0 saturated heterocycles. The summed E-state index contributed by atoms with van der Waals surface area (Å²) < 4.78 is 1.32. The van der Waals surface area contributed by atoms with Gasteiger partial charge in [-0.15, -0.1) is 5.10 Å². The van der Waals surface area contributed by atoms with E-state index in [1.54, 1.807) is 0 Å². The number of carbonyl (C=O) groups excluding carboxylic acids is 3. The average Bonchev–Trinajstić information content (AvgIpc) is 2.70. The zero-order chi connectivity index (χ0) is 11.5. The Morgan fingerprint density at radius 1 is 1.38 bits per heavy atom. The molecule has 2 rings (SSSR count). The predicted octanol–water partition coefficient (Wildman–Crippen LogP) is -0.215. The zero-order valence-electron chi connectivity index (χ0n) is 8.63. The van der Waals surface area contributed by atoms with Crippen LogP contribution in [0.1, 0.15) is 19.3 Å². The van der Waals surface area contributed by atoms with Crippen molar-refractivity contribution in [2.45, 2.75) is 25.8 Å². The second kappa shape index (κ2) is 4.34. The van der Waals surface area contributed by atoms with Crippen LogP contribution in [-0.2, 0) is 20.9 Å². The van der Waals surface area contributed by atoms with E-state index in [-0.39, 0.29) is 23.9 Å². The smallest absolute Gasteiger partial charge is 0.172 e. The van der Waals surface area contributed by atoms with Gasteiger partial charge in [0.15, 0.2) is 17.3 Å². The summed E-state index contributed by atoms with van der Waals surface area (Å²) in [6, 6.07) is 0. The van der Waals surface area contributed by atoms with Gasteiger partial charge in [0.25, 0.3) is 0 Å². The van der Waals surface area contributed by atoms with Crippen LogP contribution in [0.2, 0.25) is 0 Å². The van der Waals surface area contributed by atoms with Crippen LogP contribution in [0.25, 0.3) is 0 Å². The van der Waals surface area contributed by atoms with Crippen LogP contribution < -0.4 is 0 Å². The number of Topliss-reactive ketones (excluding diaryl/α,β-unsaturated/α-hetero) is 3. The van der Waals surface area contributed by atoms with Gasteiger partial charge in [-0.2, -0.15) is 0 Å². The van der Waals surface area contributed by atoms with E-state index >= 15 is 0 Å². The predicted molar refractivity (Wildman–Crippen MR) is 52.4 cm³/mol. The molecule has 6 heteroatoms. The number of ketones is 3. The van der Waals surface area contributed by atoms with E-state index < -0.39 is 5.92 Å². The van der Waals surface area contributed by atoms with Crippen molar-refractivity contribution in [1.29, 1.82) is 0 Å². The van der Waals surface area contributed by atoms with Crippen LogP contribution in [0, 0.1) is 5.92 Å². The van der Waals surface area contributed by atoms with Gasteiger partial charge in [-0.1, -0.05) is 5.21 Å². The van der Waals surface area contributed by atoms with Crippen LogP contribution in [0.4, 0.5) is 0 Å². The maximum absolute atomic E-state index is 11.8. The van der Waals surface area contributed by atoms with Gasteiger partial charge in [-0.25, -0.2) is 4.68 Å². The number of rotatable bonds is 3. The van der Waals surface area contributed by atoms with Gasteiger partial charge in [0.05, 0.1) is 6.20 Å². The molecule has 1 aliphatic carbocycles. The van der Waals surface area contributed by atoms with Crippen molar-refractivity contribution < 1.29 is 14.4 Å². The Bertz CT molecular complexity index is 409. The highest BCUT2D eigenvalue weighted by atomic mass is 16.2. The van der Waals surface area contributed by atoms with Crippen molar-refractivity contribution in [2.24, 2.45) is 5.92 Å². The first-order valence-corrected chi connectivity index (χ1v) is 5.11. The summed E-state index contributed by atoms with van der Waals surface area (Å²) in [5, 5.41) is 7.17. The molecule has 1 saturated carbocycles. The third-order valence-electron chi connectivity index (χ3n) is 2.60. The minimum absolute atomic E-state index is 0.0673. The lowest BCUT2D eigenvalue weighted by atomic mass is 9.84. The fourth-order valence-electron chi connectivity index (χ4n) is 1.83. The van der Waals surface area contributed by atoms with Crippen LogP contribution in [0.15, 0.2) is 12.4 Å². The lowest BCUT2D eigenvalue weighted by molar-refractivity contribution is -0.142. The molecule has 1 aromatic rings. The second-order valence-corrected chi connectivity index (χ2v) is 3.79. The monoisotopic (exact) mass is 221 g/mol. The summed E-state index contributed by atoms with van der Waals surface area (Å²) in [5.74, 6) is -1.99. The van der Waals surface area contributed by atoms with E-state index in [0.29, 0.717) is 19.3 Å². The van der Waals surface area contributed by atoms with E-state index in [9.17, 15) is 14.4 Å². The topological polar surface area (TPSA) is 81.9 Å². The van der Waals surface area contributed by atoms with Crippen molar-refractivity contribution in [3.8, 4) is 0 Å². The molecule has 84 valence electrons. The summed E-state index contributed by atoms with van der Waals surface area (Å²) in [5.41, 5.74) is 0. The summed E-state index contributed by atoms with van der Waals surface area (Å²) in [6.45, 7) is -0.0673. The van der Waals surface area contributed by atoms with Crippen molar-refractivity contribution >= 4 is 17.3 Å². The highest BCUT2D eigenvalue weighted by molar-refractivity contribution is 6.20. The second-order valence-electron chi connectivity index (χ2n) is 3.79. The van der Waals surface area contributed by atoms with Crippen molar-refractivity contribution in [1.82, 2.24) is 15.0 Å². The van der Waals surface area contributed by atoms with E-state index in [0.717, 1.165) is 0 Å². The van der Waals surface area contributed by atoms with E-state index in [4.69, 9.17) is 0 Å². The molecule has 0 radical (unpaired) electrons. The fraction of sp³-hybridized carbons (Fsp3) is 0.500. The SMILES string of the molecule is O=C1CCCC(=O)C1C(=O)Cn1ccnn1. The molecule has 0 unspecified atom stereocenters. The summed E-state index contributed by atoms with van der Waals surface area (Å²) >= 11 is 0. The average molecular weight is 221 g/mol. The summed E-state index contributed by atoms with van der Waals surface area (Å²) in [6.07, 6.45) is 4.16. The molecule has 0 N–H and O–H groups in total. The molecule has 0 bridgehead atoms. The lowest BCUT2D eigenvalue weighted by Crippen LogP contribution is -2.37. The molecule has 1 aliphatic rings. The Balaban J connectivity index is 2.08. The Hall–Kier alpha value is -1.85. The molecular formula is C10H11N3O3. The number of aromatic nitrogens is 3. The van der Waals surface area contributed by atoms with Gasteiger partial charge in [0.1, 0.15) is 12.5 Å². The van der Waals surface area contributed by atoms with Crippen LogP contribution in [0.3, 0.4) is 0 Å². The first kappa shape index (κ1) is 10.7. The van der Waals surface area contributed by atoms with Gasteiger partial charge in [0, 0.05) is 19.0 Å². The van der Waals surface area contributed by atoms with E-state index in [1.165, 1.54) is 17.1 Å². The molecule has 1 aromatic heterocycles. The Labute approximate surface area is 91.6 Å². The normalized spacial score (nSPS) is 17.8.